The largest absolute Gasteiger partial charge is 0.506 e. The molecule has 0 saturated carbocycles. The Morgan fingerprint density at radius 3 is 2.47 bits per heavy atom. The van der Waals surface area contributed by atoms with Crippen LogP contribution in [0.2, 0.25) is 5.02 Å². The Morgan fingerprint density at radius 2 is 1.89 bits per heavy atom. The average molecular weight is 393 g/mol. The highest BCUT2D eigenvalue weighted by Gasteiger charge is 2.23. The number of phenols is 1. The number of nitrogens with one attached hydrogen (secondary N) is 1. The minimum atomic E-state index is 0. The van der Waals surface area contributed by atoms with Crippen molar-refractivity contribution >= 4 is 52.3 Å². The van der Waals surface area contributed by atoms with Crippen molar-refractivity contribution in [3.05, 3.63) is 27.2 Å². The fourth-order valence-electron chi connectivity index (χ4n) is 2.21. The van der Waals surface area contributed by atoms with Gasteiger partial charge in [0.2, 0.25) is 0 Å². The van der Waals surface area contributed by atoms with Crippen molar-refractivity contribution in [2.75, 3.05) is 26.2 Å². The third kappa shape index (κ3) is 4.38. The Kier molecular flexibility index (Phi) is 8.68. The van der Waals surface area contributed by atoms with E-state index in [0.717, 1.165) is 31.7 Å². The molecule has 1 saturated heterocycles. The average Bonchev–Trinajstić information content (AvgIpc) is 2.35. The number of phenolic OH excluding ortho intramolecular Hbond substituents is 1. The van der Waals surface area contributed by atoms with Crippen molar-refractivity contribution in [3.8, 4) is 5.75 Å². The predicted molar refractivity (Wildman–Crippen MR) is 88.2 cm³/mol. The van der Waals surface area contributed by atoms with Crippen LogP contribution in [0.4, 0.5) is 0 Å². The maximum Gasteiger partial charge on any atom is 0.136 e. The summed E-state index contributed by atoms with van der Waals surface area (Å²) >= 11 is 9.53. The molecule has 3 nitrogen and oxygen atoms in total. The van der Waals surface area contributed by atoms with Gasteiger partial charge in [-0.3, -0.25) is 4.90 Å². The number of nitrogens with zero attached hydrogens (tertiary/aromatic N) is 1. The highest BCUT2D eigenvalue weighted by molar-refractivity contribution is 9.10. The molecular formula is C12H18BrCl3N2O. The summed E-state index contributed by atoms with van der Waals surface area (Å²) in [5.74, 6) is 0.253. The fourth-order valence-corrected chi connectivity index (χ4v) is 2.86. The molecule has 0 radical (unpaired) electrons. The molecule has 1 aromatic carbocycles. The molecule has 7 heteroatoms. The normalized spacial score (nSPS) is 17.2. The van der Waals surface area contributed by atoms with E-state index in [4.69, 9.17) is 11.6 Å². The van der Waals surface area contributed by atoms with E-state index < -0.39 is 0 Å². The molecule has 110 valence electrons. The Hall–Kier alpha value is 0.290. The highest BCUT2D eigenvalue weighted by atomic mass is 79.9. The van der Waals surface area contributed by atoms with Crippen LogP contribution in [0.15, 0.2) is 16.6 Å². The van der Waals surface area contributed by atoms with Gasteiger partial charge in [0, 0.05) is 42.8 Å². The van der Waals surface area contributed by atoms with Crippen LogP contribution in [-0.2, 0) is 0 Å². The van der Waals surface area contributed by atoms with Gasteiger partial charge in [0.25, 0.3) is 0 Å². The second kappa shape index (κ2) is 8.55. The van der Waals surface area contributed by atoms with Gasteiger partial charge >= 0.3 is 0 Å². The Balaban J connectivity index is 0.00000162. The molecular weight excluding hydrogens is 374 g/mol. The quantitative estimate of drug-likeness (QED) is 0.807. The van der Waals surface area contributed by atoms with E-state index in [9.17, 15) is 5.11 Å². The number of hydrogen-bond acceptors (Lipinski definition) is 3. The van der Waals surface area contributed by atoms with Crippen LogP contribution < -0.4 is 5.32 Å². The monoisotopic (exact) mass is 390 g/mol. The van der Waals surface area contributed by atoms with Gasteiger partial charge in [-0.15, -0.1) is 24.8 Å². The first-order valence-corrected chi connectivity index (χ1v) is 6.90. The van der Waals surface area contributed by atoms with Crippen molar-refractivity contribution in [1.29, 1.82) is 0 Å². The van der Waals surface area contributed by atoms with Crippen LogP contribution in [0.1, 0.15) is 18.5 Å². The number of hydrogen-bond donors (Lipinski definition) is 2. The van der Waals surface area contributed by atoms with Crippen LogP contribution in [0.5, 0.6) is 5.75 Å². The maximum atomic E-state index is 10.1. The van der Waals surface area contributed by atoms with Gasteiger partial charge in [0.05, 0.1) is 4.47 Å². The van der Waals surface area contributed by atoms with Crippen LogP contribution in [0.3, 0.4) is 0 Å². The van der Waals surface area contributed by atoms with Crippen LogP contribution >= 0.6 is 52.3 Å². The zero-order valence-corrected chi connectivity index (χ0v) is 14.5. The Bertz CT molecular complexity index is 414. The van der Waals surface area contributed by atoms with E-state index in [1.807, 2.05) is 6.07 Å². The molecule has 0 bridgehead atoms. The van der Waals surface area contributed by atoms with Gasteiger partial charge in [-0.25, -0.2) is 0 Å². The first-order chi connectivity index (χ1) is 8.11. The smallest absolute Gasteiger partial charge is 0.136 e. The van der Waals surface area contributed by atoms with Crippen molar-refractivity contribution in [2.24, 2.45) is 0 Å². The van der Waals surface area contributed by atoms with Crippen LogP contribution in [0, 0.1) is 0 Å². The summed E-state index contributed by atoms with van der Waals surface area (Å²) in [6.45, 7) is 6.00. The van der Waals surface area contributed by atoms with Gasteiger partial charge < -0.3 is 10.4 Å². The molecule has 19 heavy (non-hydrogen) atoms. The topological polar surface area (TPSA) is 35.5 Å². The summed E-state index contributed by atoms with van der Waals surface area (Å²) in [6, 6.07) is 3.72. The van der Waals surface area contributed by atoms with E-state index >= 15 is 0 Å². The van der Waals surface area contributed by atoms with E-state index in [2.05, 4.69) is 33.1 Å². The molecule has 1 fully saturated rings. The summed E-state index contributed by atoms with van der Waals surface area (Å²) < 4.78 is 0.693. The maximum absolute atomic E-state index is 10.1. The molecule has 0 unspecified atom stereocenters. The molecule has 0 aromatic heterocycles. The van der Waals surface area contributed by atoms with Gasteiger partial charge in [-0.2, -0.15) is 0 Å². The zero-order chi connectivity index (χ0) is 12.4. The summed E-state index contributed by atoms with van der Waals surface area (Å²) in [6.07, 6.45) is 0. The number of piperazine rings is 1. The van der Waals surface area contributed by atoms with Gasteiger partial charge in [-0.05, 0) is 35.0 Å². The lowest BCUT2D eigenvalue weighted by atomic mass is 10.0. The second-order valence-electron chi connectivity index (χ2n) is 4.25. The highest BCUT2D eigenvalue weighted by Crippen LogP contribution is 2.39. The molecule has 1 aliphatic rings. The van der Waals surface area contributed by atoms with Crippen molar-refractivity contribution < 1.29 is 5.11 Å². The SMILES string of the molecule is C[C@H](c1c(Cl)ccc(Br)c1O)N1CCNCC1.Cl.Cl. The molecule has 1 aromatic rings. The van der Waals surface area contributed by atoms with Crippen molar-refractivity contribution in [2.45, 2.75) is 13.0 Å². The molecule has 1 heterocycles. The zero-order valence-electron chi connectivity index (χ0n) is 10.5. The molecule has 1 atom stereocenters. The Morgan fingerprint density at radius 1 is 1.32 bits per heavy atom. The van der Waals surface area contributed by atoms with Crippen LogP contribution in [-0.4, -0.2) is 36.2 Å². The van der Waals surface area contributed by atoms with E-state index in [-0.39, 0.29) is 36.6 Å². The summed E-state index contributed by atoms with van der Waals surface area (Å²) in [7, 11) is 0. The first-order valence-electron chi connectivity index (χ1n) is 5.73. The number of aromatic hydroxyl groups is 1. The Labute approximate surface area is 139 Å². The molecule has 0 spiro atoms. The third-order valence-corrected chi connectivity index (χ3v) is 4.20. The summed E-state index contributed by atoms with van der Waals surface area (Å²) in [5, 5.41) is 14.0. The molecule has 0 aliphatic carbocycles. The van der Waals surface area contributed by atoms with Gasteiger partial charge in [0.1, 0.15) is 5.75 Å². The second-order valence-corrected chi connectivity index (χ2v) is 5.51. The lowest BCUT2D eigenvalue weighted by Gasteiger charge is -2.33. The number of rotatable bonds is 2. The van der Waals surface area contributed by atoms with Gasteiger partial charge in [-0.1, -0.05) is 11.6 Å². The summed E-state index contributed by atoms with van der Waals surface area (Å²) in [4.78, 5) is 2.32. The molecule has 0 amide bonds. The fraction of sp³-hybridized carbons (Fsp3) is 0.500. The van der Waals surface area contributed by atoms with Crippen LogP contribution in [0.25, 0.3) is 0 Å². The molecule has 1 aliphatic heterocycles. The number of halogens is 4. The lowest BCUT2D eigenvalue weighted by molar-refractivity contribution is 0.183. The van der Waals surface area contributed by atoms with E-state index in [1.54, 1.807) is 6.07 Å². The molecule has 2 N–H and O–H groups in total. The molecule has 2 rings (SSSR count). The third-order valence-electron chi connectivity index (χ3n) is 3.23. The van der Waals surface area contributed by atoms with E-state index in [1.165, 1.54) is 0 Å². The first kappa shape index (κ1) is 19.3. The van der Waals surface area contributed by atoms with Crippen molar-refractivity contribution in [3.63, 3.8) is 0 Å². The minimum absolute atomic E-state index is 0. The lowest BCUT2D eigenvalue weighted by Crippen LogP contribution is -2.44. The minimum Gasteiger partial charge on any atom is -0.506 e. The van der Waals surface area contributed by atoms with Gasteiger partial charge in [0.15, 0.2) is 0 Å². The number of benzene rings is 1. The van der Waals surface area contributed by atoms with Crippen molar-refractivity contribution in [1.82, 2.24) is 10.2 Å². The predicted octanol–water partition coefficient (Wildman–Crippen LogP) is 3.62. The standard InChI is InChI=1S/C12H16BrClN2O.2ClH/c1-8(16-6-4-15-5-7-16)11-10(14)3-2-9(13)12(11)17;;/h2-3,8,15,17H,4-7H2,1H3;2*1H/t8-;;/m1../s1. The van der Waals surface area contributed by atoms with E-state index in [0.29, 0.717) is 9.50 Å². The summed E-state index contributed by atoms with van der Waals surface area (Å²) in [5.41, 5.74) is 0.808.